The first-order valence-electron chi connectivity index (χ1n) is 9.41. The van der Waals surface area contributed by atoms with Gasteiger partial charge in [0.05, 0.1) is 12.0 Å². The molecule has 2 aromatic rings. The summed E-state index contributed by atoms with van der Waals surface area (Å²) in [5, 5.41) is 10.1. The normalized spacial score (nSPS) is 23.2. The molecule has 146 valence electrons. The molecule has 2 heterocycles. The lowest BCUT2D eigenvalue weighted by Crippen LogP contribution is -2.42. The Morgan fingerprint density at radius 1 is 1.18 bits per heavy atom. The van der Waals surface area contributed by atoms with Crippen LogP contribution >= 0.6 is 0 Å². The highest BCUT2D eigenvalue weighted by Gasteiger charge is 2.55. The van der Waals surface area contributed by atoms with Gasteiger partial charge in [0.25, 0.3) is 5.91 Å². The molecule has 1 saturated heterocycles. The fourth-order valence-corrected chi connectivity index (χ4v) is 4.28. The van der Waals surface area contributed by atoms with E-state index in [9.17, 15) is 14.7 Å². The number of carboxylic acids is 1. The van der Waals surface area contributed by atoms with E-state index in [1.165, 1.54) is 0 Å². The number of likely N-dealkylation sites (tertiary alicyclic amines) is 1. The van der Waals surface area contributed by atoms with Gasteiger partial charge in [0, 0.05) is 44.4 Å². The molecule has 2 aromatic carbocycles. The number of rotatable bonds is 3. The highest BCUT2D eigenvalue weighted by atomic mass is 16.5. The van der Waals surface area contributed by atoms with Gasteiger partial charge >= 0.3 is 5.97 Å². The second-order valence-electron chi connectivity index (χ2n) is 7.88. The molecular formula is C22H24N2O4. The fourth-order valence-electron chi connectivity index (χ4n) is 4.28. The largest absolute Gasteiger partial charge is 0.493 e. The van der Waals surface area contributed by atoms with Crippen LogP contribution in [0.2, 0.25) is 0 Å². The maximum absolute atomic E-state index is 13.1. The van der Waals surface area contributed by atoms with Crippen LogP contribution in [0, 0.1) is 11.3 Å². The van der Waals surface area contributed by atoms with Crippen LogP contribution < -0.4 is 9.64 Å². The zero-order chi connectivity index (χ0) is 19.9. The van der Waals surface area contributed by atoms with E-state index in [1.54, 1.807) is 11.0 Å². The highest BCUT2D eigenvalue weighted by molar-refractivity contribution is 5.96. The zero-order valence-corrected chi connectivity index (χ0v) is 16.1. The Balaban J connectivity index is 1.64. The maximum Gasteiger partial charge on any atom is 0.312 e. The smallest absolute Gasteiger partial charge is 0.312 e. The van der Waals surface area contributed by atoms with Gasteiger partial charge in [-0.15, -0.1) is 0 Å². The van der Waals surface area contributed by atoms with Crippen LogP contribution in [0.4, 0.5) is 5.69 Å². The topological polar surface area (TPSA) is 70.1 Å². The molecule has 1 amide bonds. The molecule has 2 atom stereocenters. The van der Waals surface area contributed by atoms with Crippen molar-refractivity contribution in [1.29, 1.82) is 0 Å². The standard InChI is InChI=1S/C22H24N2O4/c1-23(2)18-8-5-7-15(10-18)20(25)24-12-17-13-28-19-9-4-3-6-16(19)11-22(17,14-24)21(26)27/h3-10,17H,11-14H2,1-2H3,(H,26,27)/t17-,22+/m0/s1. The Hall–Kier alpha value is -3.02. The molecule has 4 rings (SSSR count). The number of carbonyl (C=O) groups is 2. The van der Waals surface area contributed by atoms with Crippen LogP contribution in [0.15, 0.2) is 48.5 Å². The summed E-state index contributed by atoms with van der Waals surface area (Å²) in [5.41, 5.74) is 1.37. The molecular weight excluding hydrogens is 356 g/mol. The monoisotopic (exact) mass is 380 g/mol. The maximum atomic E-state index is 13.1. The number of aliphatic carboxylic acids is 1. The molecule has 1 N–H and O–H groups in total. The van der Waals surface area contributed by atoms with Gasteiger partial charge in [-0.25, -0.2) is 0 Å². The summed E-state index contributed by atoms with van der Waals surface area (Å²) < 4.78 is 5.91. The highest BCUT2D eigenvalue weighted by Crippen LogP contribution is 2.44. The van der Waals surface area contributed by atoms with E-state index in [-0.39, 0.29) is 18.4 Å². The minimum absolute atomic E-state index is 0.134. The molecule has 0 radical (unpaired) electrons. The van der Waals surface area contributed by atoms with E-state index >= 15 is 0 Å². The summed E-state index contributed by atoms with van der Waals surface area (Å²) >= 11 is 0. The molecule has 0 unspecified atom stereocenters. The number of amides is 1. The number of hydrogen-bond acceptors (Lipinski definition) is 4. The van der Waals surface area contributed by atoms with E-state index in [4.69, 9.17) is 4.74 Å². The number of carbonyl (C=O) groups excluding carboxylic acids is 1. The van der Waals surface area contributed by atoms with Crippen molar-refractivity contribution in [2.24, 2.45) is 11.3 Å². The van der Waals surface area contributed by atoms with Crippen LogP contribution in [-0.4, -0.2) is 55.7 Å². The quantitative estimate of drug-likeness (QED) is 0.886. The molecule has 0 aliphatic carbocycles. The van der Waals surface area contributed by atoms with Crippen LogP contribution in [0.25, 0.3) is 0 Å². The third-order valence-corrected chi connectivity index (χ3v) is 5.94. The van der Waals surface area contributed by atoms with E-state index in [0.717, 1.165) is 17.0 Å². The second kappa shape index (κ2) is 6.86. The summed E-state index contributed by atoms with van der Waals surface area (Å²) in [4.78, 5) is 29.1. The third kappa shape index (κ3) is 2.99. The van der Waals surface area contributed by atoms with Gasteiger partial charge in [0.1, 0.15) is 5.75 Å². The molecule has 0 aromatic heterocycles. The van der Waals surface area contributed by atoms with Gasteiger partial charge in [0.2, 0.25) is 0 Å². The fraction of sp³-hybridized carbons (Fsp3) is 0.364. The van der Waals surface area contributed by atoms with Crippen molar-refractivity contribution in [2.75, 3.05) is 38.7 Å². The average Bonchev–Trinajstić information content (AvgIpc) is 2.98. The van der Waals surface area contributed by atoms with Gasteiger partial charge in [-0.3, -0.25) is 9.59 Å². The van der Waals surface area contributed by atoms with Gasteiger partial charge in [0.15, 0.2) is 0 Å². The Labute approximate surface area is 164 Å². The van der Waals surface area contributed by atoms with Crippen molar-refractivity contribution >= 4 is 17.6 Å². The lowest BCUT2D eigenvalue weighted by Gasteiger charge is -2.27. The lowest BCUT2D eigenvalue weighted by molar-refractivity contribution is -0.150. The third-order valence-electron chi connectivity index (χ3n) is 5.94. The van der Waals surface area contributed by atoms with E-state index in [0.29, 0.717) is 25.1 Å². The van der Waals surface area contributed by atoms with E-state index < -0.39 is 11.4 Å². The molecule has 6 nitrogen and oxygen atoms in total. The first kappa shape index (κ1) is 18.3. The number of fused-ring (bicyclic) bond motifs is 2. The van der Waals surface area contributed by atoms with Crippen molar-refractivity contribution in [3.05, 3.63) is 59.7 Å². The van der Waals surface area contributed by atoms with Crippen LogP contribution in [0.3, 0.4) is 0 Å². The lowest BCUT2D eigenvalue weighted by atomic mass is 9.74. The number of ether oxygens (including phenoxy) is 1. The first-order chi connectivity index (χ1) is 13.4. The van der Waals surface area contributed by atoms with Crippen LogP contribution in [0.5, 0.6) is 5.75 Å². The molecule has 1 fully saturated rings. The van der Waals surface area contributed by atoms with Gasteiger partial charge in [-0.1, -0.05) is 24.3 Å². The number of para-hydroxylation sites is 1. The molecule has 0 spiro atoms. The van der Waals surface area contributed by atoms with Crippen LogP contribution in [-0.2, 0) is 11.2 Å². The predicted octanol–water partition coefficient (Wildman–Crippen LogP) is 2.53. The predicted molar refractivity (Wildman–Crippen MR) is 106 cm³/mol. The number of benzene rings is 2. The Morgan fingerprint density at radius 2 is 1.96 bits per heavy atom. The van der Waals surface area contributed by atoms with Crippen molar-refractivity contribution in [1.82, 2.24) is 4.90 Å². The van der Waals surface area contributed by atoms with E-state index in [2.05, 4.69) is 0 Å². The Bertz CT molecular complexity index is 926. The molecule has 0 saturated carbocycles. The Morgan fingerprint density at radius 3 is 2.71 bits per heavy atom. The number of anilines is 1. The molecule has 2 aliphatic rings. The summed E-state index contributed by atoms with van der Waals surface area (Å²) in [7, 11) is 3.84. The van der Waals surface area contributed by atoms with Gasteiger partial charge < -0.3 is 19.6 Å². The van der Waals surface area contributed by atoms with Crippen molar-refractivity contribution < 1.29 is 19.4 Å². The SMILES string of the molecule is CN(C)c1cccc(C(=O)N2C[C@H]3COc4ccccc4C[C@@]3(C(=O)O)C2)c1. The molecule has 0 bridgehead atoms. The van der Waals surface area contributed by atoms with Crippen molar-refractivity contribution in [3.8, 4) is 5.75 Å². The van der Waals surface area contributed by atoms with Crippen molar-refractivity contribution in [3.63, 3.8) is 0 Å². The molecule has 2 aliphatic heterocycles. The number of hydrogen-bond donors (Lipinski definition) is 1. The summed E-state index contributed by atoms with van der Waals surface area (Å²) in [6, 6.07) is 15.0. The summed E-state index contributed by atoms with van der Waals surface area (Å²) in [6.07, 6.45) is 0.366. The average molecular weight is 380 g/mol. The second-order valence-corrected chi connectivity index (χ2v) is 7.88. The summed E-state index contributed by atoms with van der Waals surface area (Å²) in [6.45, 7) is 0.867. The van der Waals surface area contributed by atoms with Gasteiger partial charge in [-0.2, -0.15) is 0 Å². The minimum Gasteiger partial charge on any atom is -0.493 e. The number of carboxylic acid groups (broad SMARTS) is 1. The first-order valence-corrected chi connectivity index (χ1v) is 9.41. The Kier molecular flexibility index (Phi) is 4.49. The molecule has 28 heavy (non-hydrogen) atoms. The summed E-state index contributed by atoms with van der Waals surface area (Å²) in [5.74, 6) is -0.506. The number of nitrogens with zero attached hydrogens (tertiary/aromatic N) is 2. The molecule has 6 heteroatoms. The minimum atomic E-state index is -1.03. The van der Waals surface area contributed by atoms with E-state index in [1.807, 2.05) is 61.5 Å². The zero-order valence-electron chi connectivity index (χ0n) is 16.1. The van der Waals surface area contributed by atoms with Crippen molar-refractivity contribution in [2.45, 2.75) is 6.42 Å². The van der Waals surface area contributed by atoms with Crippen LogP contribution in [0.1, 0.15) is 15.9 Å². The van der Waals surface area contributed by atoms with Gasteiger partial charge in [-0.05, 0) is 36.2 Å².